The van der Waals surface area contributed by atoms with Gasteiger partial charge in [-0.05, 0) is 44.4 Å². The molecular formula is C18H25BrN2O2. The van der Waals surface area contributed by atoms with Gasteiger partial charge in [0.25, 0.3) is 0 Å². The molecule has 2 amide bonds. The summed E-state index contributed by atoms with van der Waals surface area (Å²) in [4.78, 5) is 26.7. The maximum atomic E-state index is 12.9. The van der Waals surface area contributed by atoms with Crippen molar-refractivity contribution in [1.29, 1.82) is 0 Å². The third-order valence-corrected chi connectivity index (χ3v) is 5.33. The first-order chi connectivity index (χ1) is 11.0. The first-order valence-electron chi connectivity index (χ1n) is 8.35. The van der Waals surface area contributed by atoms with Crippen LogP contribution in [0.25, 0.3) is 0 Å². The van der Waals surface area contributed by atoms with Crippen molar-refractivity contribution >= 4 is 27.7 Å². The Morgan fingerprint density at radius 3 is 2.22 bits per heavy atom. The molecule has 2 rings (SSSR count). The lowest BCUT2D eigenvalue weighted by molar-refractivity contribution is -0.134. The Hall–Kier alpha value is -1.36. The first kappa shape index (κ1) is 18.0. The van der Waals surface area contributed by atoms with E-state index < -0.39 is 5.41 Å². The fourth-order valence-corrected chi connectivity index (χ4v) is 3.67. The lowest BCUT2D eigenvalue weighted by Gasteiger charge is -2.29. The smallest absolute Gasteiger partial charge is 0.241 e. The lowest BCUT2D eigenvalue weighted by Crippen LogP contribution is -2.47. The van der Waals surface area contributed by atoms with E-state index in [4.69, 9.17) is 0 Å². The number of likely N-dealkylation sites (N-methyl/N-ethyl adjacent to an activating group) is 1. The number of halogens is 1. The molecule has 0 aliphatic heterocycles. The van der Waals surface area contributed by atoms with Crippen LogP contribution in [0.4, 0.5) is 0 Å². The van der Waals surface area contributed by atoms with E-state index in [0.29, 0.717) is 13.1 Å². The topological polar surface area (TPSA) is 49.4 Å². The van der Waals surface area contributed by atoms with Crippen molar-refractivity contribution in [2.75, 3.05) is 19.6 Å². The Morgan fingerprint density at radius 1 is 1.13 bits per heavy atom. The summed E-state index contributed by atoms with van der Waals surface area (Å²) in [5.74, 6) is -0.0369. The molecule has 1 saturated carbocycles. The number of carbonyl (C=O) groups excluding carboxylic acids is 2. The Morgan fingerprint density at radius 2 is 1.70 bits per heavy atom. The zero-order valence-corrected chi connectivity index (χ0v) is 15.5. The number of rotatable bonds is 6. The predicted molar refractivity (Wildman–Crippen MR) is 95.2 cm³/mol. The Balaban J connectivity index is 2.10. The Bertz CT molecular complexity index is 547. The van der Waals surface area contributed by atoms with E-state index in [2.05, 4.69) is 21.2 Å². The van der Waals surface area contributed by atoms with Crippen LogP contribution in [0.2, 0.25) is 0 Å². The third kappa shape index (κ3) is 3.94. The molecule has 0 heterocycles. The summed E-state index contributed by atoms with van der Waals surface area (Å²) in [6.45, 7) is 5.32. The molecule has 1 aromatic carbocycles. The van der Waals surface area contributed by atoms with Gasteiger partial charge < -0.3 is 10.2 Å². The van der Waals surface area contributed by atoms with Crippen molar-refractivity contribution in [1.82, 2.24) is 10.2 Å². The van der Waals surface area contributed by atoms with Gasteiger partial charge in [-0.2, -0.15) is 0 Å². The molecule has 1 aromatic rings. The fourth-order valence-electron chi connectivity index (χ4n) is 3.41. The largest absolute Gasteiger partial charge is 0.346 e. The van der Waals surface area contributed by atoms with E-state index in [1.54, 1.807) is 4.90 Å². The molecule has 1 N–H and O–H groups in total. The van der Waals surface area contributed by atoms with Crippen molar-refractivity contribution in [2.24, 2.45) is 0 Å². The standard InChI is InChI=1S/C18H25BrN2O2/c1-3-21(4-2)16(22)13-20-17(23)18(11-5-6-12-18)14-7-9-15(19)10-8-14/h7-10H,3-6,11-13H2,1-2H3,(H,20,23). The molecule has 5 heteroatoms. The van der Waals surface area contributed by atoms with Crippen molar-refractivity contribution < 1.29 is 9.59 Å². The van der Waals surface area contributed by atoms with Crippen LogP contribution in [0, 0.1) is 0 Å². The number of nitrogens with zero attached hydrogens (tertiary/aromatic N) is 1. The number of hydrogen-bond donors (Lipinski definition) is 1. The minimum atomic E-state index is -0.482. The average molecular weight is 381 g/mol. The highest BCUT2D eigenvalue weighted by Crippen LogP contribution is 2.41. The van der Waals surface area contributed by atoms with E-state index in [1.165, 1.54) is 0 Å². The van der Waals surface area contributed by atoms with E-state index in [0.717, 1.165) is 35.7 Å². The molecule has 0 aromatic heterocycles. The monoisotopic (exact) mass is 380 g/mol. The van der Waals surface area contributed by atoms with E-state index in [1.807, 2.05) is 38.1 Å². The van der Waals surface area contributed by atoms with Crippen LogP contribution in [-0.2, 0) is 15.0 Å². The average Bonchev–Trinajstić information content (AvgIpc) is 3.05. The normalized spacial score (nSPS) is 16.1. The van der Waals surface area contributed by atoms with Crippen molar-refractivity contribution in [3.05, 3.63) is 34.3 Å². The predicted octanol–water partition coefficient (Wildman–Crippen LogP) is 3.25. The molecular weight excluding hydrogens is 356 g/mol. The molecule has 0 bridgehead atoms. The van der Waals surface area contributed by atoms with Gasteiger partial charge in [0.2, 0.25) is 11.8 Å². The molecule has 4 nitrogen and oxygen atoms in total. The number of nitrogens with one attached hydrogen (secondary N) is 1. The lowest BCUT2D eigenvalue weighted by atomic mass is 9.78. The Labute approximate surface area is 146 Å². The fraction of sp³-hybridized carbons (Fsp3) is 0.556. The second-order valence-corrected chi connectivity index (χ2v) is 6.96. The Kier molecular flexibility index (Phi) is 6.22. The molecule has 0 saturated heterocycles. The highest BCUT2D eigenvalue weighted by Gasteiger charge is 2.42. The quantitative estimate of drug-likeness (QED) is 0.823. The molecule has 0 radical (unpaired) electrons. The summed E-state index contributed by atoms with van der Waals surface area (Å²) in [5, 5.41) is 2.89. The van der Waals surface area contributed by atoms with Crippen molar-refractivity contribution in [3.63, 3.8) is 0 Å². The molecule has 0 spiro atoms. The van der Waals surface area contributed by atoms with Crippen LogP contribution in [-0.4, -0.2) is 36.3 Å². The zero-order valence-electron chi connectivity index (χ0n) is 13.9. The number of amides is 2. The molecule has 126 valence electrons. The van der Waals surface area contributed by atoms with Gasteiger partial charge in [0.05, 0.1) is 12.0 Å². The van der Waals surface area contributed by atoms with Gasteiger partial charge in [0, 0.05) is 17.6 Å². The van der Waals surface area contributed by atoms with Crippen LogP contribution in [0.5, 0.6) is 0 Å². The van der Waals surface area contributed by atoms with E-state index in [-0.39, 0.29) is 18.4 Å². The van der Waals surface area contributed by atoms with Gasteiger partial charge in [-0.15, -0.1) is 0 Å². The van der Waals surface area contributed by atoms with Crippen molar-refractivity contribution in [2.45, 2.75) is 44.9 Å². The van der Waals surface area contributed by atoms with Crippen LogP contribution in [0.15, 0.2) is 28.7 Å². The summed E-state index contributed by atoms with van der Waals surface area (Å²) < 4.78 is 1.01. The van der Waals surface area contributed by atoms with E-state index >= 15 is 0 Å². The van der Waals surface area contributed by atoms with Gasteiger partial charge in [0.1, 0.15) is 0 Å². The second kappa shape index (κ2) is 7.95. The van der Waals surface area contributed by atoms with Gasteiger partial charge in [-0.3, -0.25) is 9.59 Å². The van der Waals surface area contributed by atoms with Crippen LogP contribution in [0.3, 0.4) is 0 Å². The highest BCUT2D eigenvalue weighted by atomic mass is 79.9. The second-order valence-electron chi connectivity index (χ2n) is 6.04. The zero-order chi connectivity index (χ0) is 16.9. The van der Waals surface area contributed by atoms with E-state index in [9.17, 15) is 9.59 Å². The minimum absolute atomic E-state index is 0.0159. The SMILES string of the molecule is CCN(CC)C(=O)CNC(=O)C1(c2ccc(Br)cc2)CCCC1. The first-order valence-corrected chi connectivity index (χ1v) is 9.15. The molecule has 0 unspecified atom stereocenters. The third-order valence-electron chi connectivity index (χ3n) is 4.80. The number of benzene rings is 1. The maximum Gasteiger partial charge on any atom is 0.241 e. The molecule has 1 fully saturated rings. The van der Waals surface area contributed by atoms with Crippen LogP contribution in [0.1, 0.15) is 45.1 Å². The molecule has 1 aliphatic carbocycles. The summed E-state index contributed by atoms with van der Waals surface area (Å²) in [6, 6.07) is 7.98. The molecule has 23 heavy (non-hydrogen) atoms. The highest BCUT2D eigenvalue weighted by molar-refractivity contribution is 9.10. The molecule has 1 aliphatic rings. The van der Waals surface area contributed by atoms with Gasteiger partial charge >= 0.3 is 0 Å². The van der Waals surface area contributed by atoms with Crippen LogP contribution >= 0.6 is 15.9 Å². The van der Waals surface area contributed by atoms with Gasteiger partial charge in [-0.1, -0.05) is 40.9 Å². The maximum absolute atomic E-state index is 12.9. The summed E-state index contributed by atoms with van der Waals surface area (Å²) in [6.07, 6.45) is 3.79. The summed E-state index contributed by atoms with van der Waals surface area (Å²) >= 11 is 3.44. The molecule has 0 atom stereocenters. The summed E-state index contributed by atoms with van der Waals surface area (Å²) in [5.41, 5.74) is 0.565. The van der Waals surface area contributed by atoms with Gasteiger partial charge in [-0.25, -0.2) is 0 Å². The van der Waals surface area contributed by atoms with Crippen LogP contribution < -0.4 is 5.32 Å². The van der Waals surface area contributed by atoms with Crippen molar-refractivity contribution in [3.8, 4) is 0 Å². The summed E-state index contributed by atoms with van der Waals surface area (Å²) in [7, 11) is 0. The number of hydrogen-bond acceptors (Lipinski definition) is 2. The minimum Gasteiger partial charge on any atom is -0.346 e. The number of carbonyl (C=O) groups is 2. The van der Waals surface area contributed by atoms with Gasteiger partial charge in [0.15, 0.2) is 0 Å².